The van der Waals surface area contributed by atoms with Crippen LogP contribution in [0.4, 0.5) is 0 Å². The van der Waals surface area contributed by atoms with Crippen molar-refractivity contribution >= 4 is 17.7 Å². The number of hydrogen-bond donors (Lipinski definition) is 2. The minimum Gasteiger partial charge on any atom is -0.493 e. The second-order valence-corrected chi connectivity index (χ2v) is 5.44. The summed E-state index contributed by atoms with van der Waals surface area (Å²) in [7, 11) is 3.16. The molecule has 2 N–H and O–H groups in total. The van der Waals surface area contributed by atoms with Crippen molar-refractivity contribution in [3.63, 3.8) is 0 Å². The number of H-pyrrole nitrogens is 1. The van der Waals surface area contributed by atoms with Crippen LogP contribution in [0.3, 0.4) is 0 Å². The summed E-state index contributed by atoms with van der Waals surface area (Å²) in [4.78, 5) is 14.8. The molecule has 0 saturated carbocycles. The first-order valence-corrected chi connectivity index (χ1v) is 7.62. The number of ether oxygens (including phenoxy) is 2. The molecule has 1 aromatic carbocycles. The zero-order chi connectivity index (χ0) is 15.9. The van der Waals surface area contributed by atoms with Crippen molar-refractivity contribution in [2.75, 3.05) is 20.0 Å². The van der Waals surface area contributed by atoms with Crippen LogP contribution in [0.5, 0.6) is 11.5 Å². The molecule has 0 radical (unpaired) electrons. The van der Waals surface area contributed by atoms with E-state index in [1.807, 2.05) is 12.1 Å². The molecule has 0 atom stereocenters. The molecule has 1 aromatic heterocycles. The molecular formula is C14H17N3O4S. The van der Waals surface area contributed by atoms with Gasteiger partial charge in [-0.15, -0.1) is 5.10 Å². The third kappa shape index (κ3) is 4.14. The molecule has 118 valence electrons. The second-order valence-electron chi connectivity index (χ2n) is 4.38. The number of hydrogen-bond acceptors (Lipinski definition) is 6. The lowest BCUT2D eigenvalue weighted by atomic mass is 10.2. The molecule has 0 bridgehead atoms. The number of nitrogens with zero attached hydrogens (tertiary/aromatic N) is 2. The summed E-state index contributed by atoms with van der Waals surface area (Å²) in [6.45, 7) is 0. The van der Waals surface area contributed by atoms with Crippen LogP contribution < -0.4 is 9.47 Å². The predicted molar refractivity (Wildman–Crippen MR) is 82.5 cm³/mol. The van der Waals surface area contributed by atoms with E-state index in [4.69, 9.17) is 14.6 Å². The topological polar surface area (TPSA) is 97.3 Å². The number of aromatic amines is 1. The van der Waals surface area contributed by atoms with Crippen LogP contribution in [0.15, 0.2) is 23.4 Å². The first-order chi connectivity index (χ1) is 10.6. The highest BCUT2D eigenvalue weighted by molar-refractivity contribution is 7.99. The smallest absolute Gasteiger partial charge is 0.303 e. The molecule has 8 heteroatoms. The molecule has 0 unspecified atom stereocenters. The van der Waals surface area contributed by atoms with E-state index in [9.17, 15) is 4.79 Å². The summed E-state index contributed by atoms with van der Waals surface area (Å²) in [5.74, 6) is 1.76. The highest BCUT2D eigenvalue weighted by atomic mass is 32.2. The van der Waals surface area contributed by atoms with Crippen molar-refractivity contribution in [2.24, 2.45) is 0 Å². The Kier molecular flexibility index (Phi) is 5.65. The molecule has 2 rings (SSSR count). The van der Waals surface area contributed by atoms with Gasteiger partial charge in [0.05, 0.1) is 14.2 Å². The molecule has 22 heavy (non-hydrogen) atoms. The molecule has 2 aromatic rings. The molecule has 1 heterocycles. The van der Waals surface area contributed by atoms with Gasteiger partial charge in [0.15, 0.2) is 17.3 Å². The van der Waals surface area contributed by atoms with Crippen molar-refractivity contribution < 1.29 is 19.4 Å². The fourth-order valence-electron chi connectivity index (χ4n) is 1.81. The third-order valence-corrected chi connectivity index (χ3v) is 3.82. The maximum absolute atomic E-state index is 10.4. The Hall–Kier alpha value is -2.22. The van der Waals surface area contributed by atoms with Crippen LogP contribution in [-0.2, 0) is 4.79 Å². The number of benzene rings is 1. The Morgan fingerprint density at radius 3 is 2.77 bits per heavy atom. The van der Waals surface area contributed by atoms with Crippen LogP contribution in [0.2, 0.25) is 0 Å². The average Bonchev–Trinajstić information content (AvgIpc) is 2.99. The number of aromatic nitrogens is 3. The van der Waals surface area contributed by atoms with E-state index in [1.165, 1.54) is 11.8 Å². The summed E-state index contributed by atoms with van der Waals surface area (Å²) in [6, 6.07) is 5.48. The Bertz CT molecular complexity index is 645. The summed E-state index contributed by atoms with van der Waals surface area (Å²) >= 11 is 1.42. The molecule has 7 nitrogen and oxygen atoms in total. The molecule has 0 aliphatic rings. The van der Waals surface area contributed by atoms with Crippen LogP contribution in [0, 0.1) is 0 Å². The lowest BCUT2D eigenvalue weighted by molar-refractivity contribution is -0.137. The number of thioether (sulfide) groups is 1. The standard InChI is InChI=1S/C14H17N3O4S/c1-20-10-6-5-9(8-11(10)21-2)13-15-14(17-16-13)22-7-3-4-12(18)19/h5-6,8H,3-4,7H2,1-2H3,(H,18,19)(H,15,16,17). The molecule has 0 amide bonds. The first-order valence-electron chi connectivity index (χ1n) is 6.63. The maximum Gasteiger partial charge on any atom is 0.303 e. The minimum atomic E-state index is -0.790. The normalized spacial score (nSPS) is 10.5. The van der Waals surface area contributed by atoms with E-state index in [0.717, 1.165) is 5.56 Å². The van der Waals surface area contributed by atoms with Crippen LogP contribution in [0.25, 0.3) is 11.4 Å². The number of rotatable bonds is 8. The molecule has 0 aliphatic heterocycles. The number of carbonyl (C=O) groups is 1. The van der Waals surface area contributed by atoms with Gasteiger partial charge in [-0.3, -0.25) is 9.89 Å². The number of carboxylic acids is 1. The zero-order valence-corrected chi connectivity index (χ0v) is 13.1. The van der Waals surface area contributed by atoms with Gasteiger partial charge in [-0.25, -0.2) is 4.98 Å². The van der Waals surface area contributed by atoms with Gasteiger partial charge in [-0.2, -0.15) is 0 Å². The van der Waals surface area contributed by atoms with Crippen LogP contribution in [-0.4, -0.2) is 46.2 Å². The van der Waals surface area contributed by atoms with Crippen molar-refractivity contribution in [3.8, 4) is 22.9 Å². The monoisotopic (exact) mass is 323 g/mol. The highest BCUT2D eigenvalue weighted by Crippen LogP contribution is 2.31. The van der Waals surface area contributed by atoms with E-state index >= 15 is 0 Å². The Labute approximate surface area is 132 Å². The molecular weight excluding hydrogens is 306 g/mol. The Balaban J connectivity index is 2.03. The van der Waals surface area contributed by atoms with Crippen LogP contribution >= 0.6 is 11.8 Å². The van der Waals surface area contributed by atoms with Gasteiger partial charge in [0, 0.05) is 17.7 Å². The van der Waals surface area contributed by atoms with E-state index < -0.39 is 5.97 Å². The largest absolute Gasteiger partial charge is 0.493 e. The Morgan fingerprint density at radius 1 is 1.32 bits per heavy atom. The summed E-state index contributed by atoms with van der Waals surface area (Å²) in [6.07, 6.45) is 0.736. The fourth-order valence-corrected chi connectivity index (χ4v) is 2.55. The third-order valence-electron chi connectivity index (χ3n) is 2.89. The van der Waals surface area contributed by atoms with Gasteiger partial charge in [0.2, 0.25) is 5.16 Å². The predicted octanol–water partition coefficient (Wildman–Crippen LogP) is 2.45. The molecule has 0 aliphatic carbocycles. The number of carboxylic acid groups (broad SMARTS) is 1. The summed E-state index contributed by atoms with van der Waals surface area (Å²) in [5, 5.41) is 16.2. The Morgan fingerprint density at radius 2 is 2.09 bits per heavy atom. The van der Waals surface area contributed by atoms with Crippen molar-refractivity contribution in [3.05, 3.63) is 18.2 Å². The van der Waals surface area contributed by atoms with Crippen molar-refractivity contribution in [1.82, 2.24) is 15.2 Å². The van der Waals surface area contributed by atoms with Crippen molar-refractivity contribution in [1.29, 1.82) is 0 Å². The minimum absolute atomic E-state index is 0.153. The molecule has 0 saturated heterocycles. The van der Waals surface area contributed by atoms with Gasteiger partial charge in [-0.05, 0) is 24.6 Å². The van der Waals surface area contributed by atoms with E-state index in [-0.39, 0.29) is 6.42 Å². The fraction of sp³-hybridized carbons (Fsp3) is 0.357. The van der Waals surface area contributed by atoms with Gasteiger partial charge in [-0.1, -0.05) is 11.8 Å². The summed E-state index contributed by atoms with van der Waals surface area (Å²) in [5.41, 5.74) is 0.836. The van der Waals surface area contributed by atoms with Crippen molar-refractivity contribution in [2.45, 2.75) is 18.0 Å². The van der Waals surface area contributed by atoms with Crippen LogP contribution in [0.1, 0.15) is 12.8 Å². The van der Waals surface area contributed by atoms with Gasteiger partial charge >= 0.3 is 5.97 Å². The second kappa shape index (κ2) is 7.69. The van der Waals surface area contributed by atoms with E-state index in [1.54, 1.807) is 20.3 Å². The molecule has 0 spiro atoms. The molecule has 0 fully saturated rings. The van der Waals surface area contributed by atoms with E-state index in [2.05, 4.69) is 15.2 Å². The lowest BCUT2D eigenvalue weighted by Crippen LogP contribution is -1.94. The first kappa shape index (κ1) is 16.2. The zero-order valence-electron chi connectivity index (χ0n) is 12.3. The highest BCUT2D eigenvalue weighted by Gasteiger charge is 2.10. The lowest BCUT2D eigenvalue weighted by Gasteiger charge is -2.07. The number of aliphatic carboxylic acids is 1. The maximum atomic E-state index is 10.4. The van der Waals surface area contributed by atoms with E-state index in [0.29, 0.717) is 34.7 Å². The SMILES string of the molecule is COc1ccc(-c2nc(SCCCC(=O)O)n[nH]2)cc1OC. The summed E-state index contributed by atoms with van der Waals surface area (Å²) < 4.78 is 10.5. The van der Waals surface area contributed by atoms with Gasteiger partial charge in [0.25, 0.3) is 0 Å². The van der Waals surface area contributed by atoms with Gasteiger partial charge < -0.3 is 14.6 Å². The number of methoxy groups -OCH3 is 2. The average molecular weight is 323 g/mol. The number of nitrogens with one attached hydrogen (secondary N) is 1. The van der Waals surface area contributed by atoms with Gasteiger partial charge in [0.1, 0.15) is 0 Å². The quantitative estimate of drug-likeness (QED) is 0.569.